The molecule has 3 heteroatoms. The second kappa shape index (κ2) is 3.86. The van der Waals surface area contributed by atoms with Crippen LogP contribution in [-0.4, -0.2) is 5.11 Å². The Morgan fingerprint density at radius 1 is 1.00 bits per heavy atom. The number of fused-ring (bicyclic) bond motifs is 1. The average molecular weight is 244 g/mol. The highest BCUT2D eigenvalue weighted by Gasteiger charge is 2.09. The molecule has 1 N–H and O–H groups in total. The van der Waals surface area contributed by atoms with Crippen LogP contribution in [0.1, 0.15) is 0 Å². The van der Waals surface area contributed by atoms with Crippen LogP contribution >= 0.6 is 11.3 Å². The third-order valence-electron chi connectivity index (χ3n) is 2.73. The van der Waals surface area contributed by atoms with Crippen LogP contribution in [0.4, 0.5) is 4.39 Å². The van der Waals surface area contributed by atoms with Gasteiger partial charge in [0, 0.05) is 21.9 Å². The van der Waals surface area contributed by atoms with Crippen LogP contribution in [0, 0.1) is 5.82 Å². The lowest BCUT2D eigenvalue weighted by molar-refractivity contribution is 0.471. The predicted octanol–water partition coefficient (Wildman–Crippen LogP) is 4.41. The van der Waals surface area contributed by atoms with Gasteiger partial charge >= 0.3 is 0 Å². The van der Waals surface area contributed by atoms with E-state index in [1.165, 1.54) is 6.07 Å². The van der Waals surface area contributed by atoms with Gasteiger partial charge in [0.25, 0.3) is 0 Å². The van der Waals surface area contributed by atoms with E-state index in [2.05, 4.69) is 0 Å². The first-order chi connectivity index (χ1) is 8.25. The lowest BCUT2D eigenvalue weighted by atomic mass is 10.0. The highest BCUT2D eigenvalue weighted by Crippen LogP contribution is 2.37. The largest absolute Gasteiger partial charge is 0.507 e. The number of halogens is 1. The summed E-state index contributed by atoms with van der Waals surface area (Å²) in [7, 11) is 0. The molecule has 0 radical (unpaired) electrons. The molecule has 3 aromatic rings. The number of thiophene rings is 1. The lowest BCUT2D eigenvalue weighted by Crippen LogP contribution is -1.81. The Hall–Kier alpha value is -1.87. The van der Waals surface area contributed by atoms with E-state index in [9.17, 15) is 9.50 Å². The van der Waals surface area contributed by atoms with Crippen molar-refractivity contribution in [2.75, 3.05) is 0 Å². The summed E-state index contributed by atoms with van der Waals surface area (Å²) in [6.45, 7) is 0. The molecule has 3 rings (SSSR count). The number of phenolic OH excluding ortho intramolecular Hbond substituents is 1. The average Bonchev–Trinajstić information content (AvgIpc) is 2.77. The molecule has 0 aliphatic heterocycles. The van der Waals surface area contributed by atoms with Crippen molar-refractivity contribution in [2.45, 2.75) is 0 Å². The zero-order chi connectivity index (χ0) is 11.8. The summed E-state index contributed by atoms with van der Waals surface area (Å²) in [6, 6.07) is 12.0. The molecule has 0 amide bonds. The summed E-state index contributed by atoms with van der Waals surface area (Å²) in [5.41, 5.74) is 1.61. The minimum atomic E-state index is -0.426. The van der Waals surface area contributed by atoms with Crippen LogP contribution in [0.2, 0.25) is 0 Å². The molecule has 0 saturated heterocycles. The maximum absolute atomic E-state index is 13.0. The van der Waals surface area contributed by atoms with E-state index in [1.54, 1.807) is 17.4 Å². The van der Waals surface area contributed by atoms with Gasteiger partial charge in [-0.25, -0.2) is 4.39 Å². The molecule has 0 fully saturated rings. The molecule has 1 aromatic heterocycles. The molecule has 0 aliphatic carbocycles. The zero-order valence-electron chi connectivity index (χ0n) is 8.85. The van der Waals surface area contributed by atoms with E-state index < -0.39 is 5.82 Å². The van der Waals surface area contributed by atoms with Crippen LogP contribution < -0.4 is 0 Å². The molecule has 0 saturated carbocycles. The number of hydrogen-bond acceptors (Lipinski definition) is 2. The molecular formula is C14H9FOS. The molecule has 0 spiro atoms. The Kier molecular flexibility index (Phi) is 2.34. The van der Waals surface area contributed by atoms with Gasteiger partial charge < -0.3 is 5.11 Å². The molecular weight excluding hydrogens is 235 g/mol. The van der Waals surface area contributed by atoms with Crippen molar-refractivity contribution in [2.24, 2.45) is 0 Å². The fraction of sp³-hybridized carbons (Fsp3) is 0. The van der Waals surface area contributed by atoms with E-state index in [4.69, 9.17) is 0 Å². The normalized spacial score (nSPS) is 10.9. The van der Waals surface area contributed by atoms with Crippen molar-refractivity contribution in [3.8, 4) is 16.9 Å². The molecule has 0 aliphatic rings. The van der Waals surface area contributed by atoms with Gasteiger partial charge in [0.2, 0.25) is 0 Å². The van der Waals surface area contributed by atoms with Crippen LogP contribution in [0.5, 0.6) is 5.75 Å². The third-order valence-corrected chi connectivity index (χ3v) is 3.69. The van der Waals surface area contributed by atoms with Crippen molar-refractivity contribution >= 4 is 21.4 Å². The first-order valence-corrected chi connectivity index (χ1v) is 6.09. The van der Waals surface area contributed by atoms with Crippen molar-refractivity contribution in [3.63, 3.8) is 0 Å². The molecule has 2 aromatic carbocycles. The SMILES string of the molecule is Oc1cc(F)ccc1-c1cccc2ccsc12. The molecule has 1 heterocycles. The fourth-order valence-corrected chi connectivity index (χ4v) is 2.87. The van der Waals surface area contributed by atoms with E-state index in [-0.39, 0.29) is 5.75 Å². The lowest BCUT2D eigenvalue weighted by Gasteiger charge is -2.06. The third kappa shape index (κ3) is 1.68. The maximum atomic E-state index is 13.0. The van der Waals surface area contributed by atoms with Gasteiger partial charge in [0.1, 0.15) is 11.6 Å². The summed E-state index contributed by atoms with van der Waals surface area (Å²) in [6.07, 6.45) is 0. The van der Waals surface area contributed by atoms with Crippen molar-refractivity contribution < 1.29 is 9.50 Å². The van der Waals surface area contributed by atoms with Crippen molar-refractivity contribution in [1.29, 1.82) is 0 Å². The Balaban J connectivity index is 2.30. The van der Waals surface area contributed by atoms with Crippen LogP contribution in [-0.2, 0) is 0 Å². The van der Waals surface area contributed by atoms with Gasteiger partial charge in [-0.2, -0.15) is 0 Å². The predicted molar refractivity (Wildman–Crippen MR) is 68.9 cm³/mol. The number of hydrogen-bond donors (Lipinski definition) is 1. The summed E-state index contributed by atoms with van der Waals surface area (Å²) in [4.78, 5) is 0. The molecule has 17 heavy (non-hydrogen) atoms. The number of aromatic hydroxyl groups is 1. The number of rotatable bonds is 1. The highest BCUT2D eigenvalue weighted by atomic mass is 32.1. The van der Waals surface area contributed by atoms with Gasteiger partial charge in [0.05, 0.1) is 0 Å². The topological polar surface area (TPSA) is 20.2 Å². The molecule has 0 bridgehead atoms. The zero-order valence-corrected chi connectivity index (χ0v) is 9.67. The van der Waals surface area contributed by atoms with Gasteiger partial charge in [-0.05, 0) is 29.0 Å². The summed E-state index contributed by atoms with van der Waals surface area (Å²) in [5, 5.41) is 13.0. The minimum absolute atomic E-state index is 0.0223. The first-order valence-electron chi connectivity index (χ1n) is 5.21. The quantitative estimate of drug-likeness (QED) is 0.672. The summed E-state index contributed by atoms with van der Waals surface area (Å²) >= 11 is 1.62. The second-order valence-electron chi connectivity index (χ2n) is 3.81. The highest BCUT2D eigenvalue weighted by molar-refractivity contribution is 7.17. The van der Waals surface area contributed by atoms with Crippen molar-refractivity contribution in [3.05, 3.63) is 53.7 Å². The second-order valence-corrected chi connectivity index (χ2v) is 4.72. The molecule has 1 nitrogen and oxygen atoms in total. The fourth-order valence-electron chi connectivity index (χ4n) is 1.94. The molecule has 84 valence electrons. The first kappa shape index (κ1) is 10.3. The van der Waals surface area contributed by atoms with E-state index in [0.717, 1.165) is 21.7 Å². The van der Waals surface area contributed by atoms with Gasteiger partial charge in [0.15, 0.2) is 0 Å². The van der Waals surface area contributed by atoms with Crippen molar-refractivity contribution in [1.82, 2.24) is 0 Å². The minimum Gasteiger partial charge on any atom is -0.507 e. The van der Waals surface area contributed by atoms with E-state index in [1.807, 2.05) is 29.6 Å². The summed E-state index contributed by atoms with van der Waals surface area (Å²) < 4.78 is 14.1. The van der Waals surface area contributed by atoms with E-state index in [0.29, 0.717) is 5.56 Å². The Labute approximate surface area is 102 Å². The molecule has 0 unspecified atom stereocenters. The van der Waals surface area contributed by atoms with Gasteiger partial charge in [-0.3, -0.25) is 0 Å². The summed E-state index contributed by atoms with van der Waals surface area (Å²) in [5.74, 6) is -0.449. The Morgan fingerprint density at radius 2 is 1.88 bits per heavy atom. The Morgan fingerprint density at radius 3 is 2.71 bits per heavy atom. The maximum Gasteiger partial charge on any atom is 0.126 e. The number of phenols is 1. The standard InChI is InChI=1S/C14H9FOS/c15-10-4-5-11(13(16)8-10)12-3-1-2-9-6-7-17-14(9)12/h1-8,16H. The van der Waals surface area contributed by atoms with Gasteiger partial charge in [-0.1, -0.05) is 18.2 Å². The molecule has 0 atom stereocenters. The Bertz CT molecular complexity index is 688. The van der Waals surface area contributed by atoms with Crippen LogP contribution in [0.3, 0.4) is 0 Å². The smallest absolute Gasteiger partial charge is 0.126 e. The van der Waals surface area contributed by atoms with Crippen LogP contribution in [0.15, 0.2) is 47.8 Å². The number of benzene rings is 2. The monoisotopic (exact) mass is 244 g/mol. The van der Waals surface area contributed by atoms with E-state index >= 15 is 0 Å². The van der Waals surface area contributed by atoms with Gasteiger partial charge in [-0.15, -0.1) is 11.3 Å². The van der Waals surface area contributed by atoms with Crippen LogP contribution in [0.25, 0.3) is 21.2 Å².